The van der Waals surface area contributed by atoms with Crippen molar-refractivity contribution in [1.29, 1.82) is 0 Å². The molecule has 0 radical (unpaired) electrons. The van der Waals surface area contributed by atoms with Crippen LogP contribution in [0.15, 0.2) is 64.8 Å². The zero-order chi connectivity index (χ0) is 21.2. The Morgan fingerprint density at radius 1 is 1.10 bits per heavy atom. The lowest BCUT2D eigenvalue weighted by Gasteiger charge is -2.20. The summed E-state index contributed by atoms with van der Waals surface area (Å²) in [5.74, 6) is -2.01. The molecule has 0 aliphatic rings. The van der Waals surface area contributed by atoms with Crippen molar-refractivity contribution in [3.05, 3.63) is 75.9 Å². The molecule has 0 saturated carbocycles. The molecule has 0 heterocycles. The minimum atomic E-state index is -1.37. The predicted molar refractivity (Wildman–Crippen MR) is 116 cm³/mol. The average Bonchev–Trinajstić information content (AvgIpc) is 2.71. The van der Waals surface area contributed by atoms with Crippen LogP contribution >= 0.6 is 27.7 Å². The second kappa shape index (κ2) is 11.4. The molecule has 2 amide bonds. The summed E-state index contributed by atoms with van der Waals surface area (Å²) in [6, 6.07) is 14.4. The van der Waals surface area contributed by atoms with Crippen LogP contribution in [0.1, 0.15) is 22.3 Å². The van der Waals surface area contributed by atoms with Crippen molar-refractivity contribution in [2.75, 3.05) is 12.0 Å². The Hall–Kier alpha value is -2.58. The van der Waals surface area contributed by atoms with Crippen LogP contribution in [0.2, 0.25) is 0 Å². The van der Waals surface area contributed by atoms with Crippen molar-refractivity contribution < 1.29 is 19.5 Å². The van der Waals surface area contributed by atoms with Crippen LogP contribution in [-0.2, 0) is 9.59 Å². The fourth-order valence-corrected chi connectivity index (χ4v) is 3.13. The van der Waals surface area contributed by atoms with Gasteiger partial charge >= 0.3 is 0 Å². The van der Waals surface area contributed by atoms with Gasteiger partial charge in [-0.25, -0.2) is 0 Å². The second-order valence-electron chi connectivity index (χ2n) is 6.06. The standard InChI is InChI=1S/C21H21BrN2O4S/c1-29-12-11-17(21(27)28)23-20(26)18(13-14-5-3-2-4-6-14)24-19(25)15-7-9-16(22)10-8-15/h2-10,13,17H,11-12H2,1H3,(H,23,26)(H,24,25)(H,27,28)/p-1/b18-13-/t17-/m1/s1. The number of carbonyl (C=O) groups excluding carboxylic acids is 3. The molecule has 2 aromatic carbocycles. The first kappa shape index (κ1) is 22.7. The Bertz CT molecular complexity index is 885. The molecule has 2 aromatic rings. The van der Waals surface area contributed by atoms with E-state index in [1.54, 1.807) is 48.5 Å². The maximum atomic E-state index is 12.7. The Balaban J connectivity index is 2.25. The van der Waals surface area contributed by atoms with E-state index in [2.05, 4.69) is 26.6 Å². The monoisotopic (exact) mass is 475 g/mol. The minimum Gasteiger partial charge on any atom is -0.548 e. The van der Waals surface area contributed by atoms with Gasteiger partial charge in [-0.05, 0) is 54.3 Å². The number of thioether (sulfide) groups is 1. The largest absolute Gasteiger partial charge is 0.548 e. The van der Waals surface area contributed by atoms with Gasteiger partial charge in [-0.15, -0.1) is 0 Å². The number of benzene rings is 2. The first-order valence-corrected chi connectivity index (χ1v) is 10.9. The van der Waals surface area contributed by atoms with E-state index in [0.29, 0.717) is 16.9 Å². The number of rotatable bonds is 9. The zero-order valence-electron chi connectivity index (χ0n) is 15.7. The molecule has 29 heavy (non-hydrogen) atoms. The summed E-state index contributed by atoms with van der Waals surface area (Å²) in [5.41, 5.74) is 0.987. The topological polar surface area (TPSA) is 98.3 Å². The fraction of sp³-hybridized carbons (Fsp3) is 0.190. The van der Waals surface area contributed by atoms with E-state index in [4.69, 9.17) is 0 Å². The lowest BCUT2D eigenvalue weighted by Crippen LogP contribution is -2.50. The summed E-state index contributed by atoms with van der Waals surface area (Å²) < 4.78 is 0.817. The van der Waals surface area contributed by atoms with Crippen molar-refractivity contribution >= 4 is 51.6 Å². The Labute approximate surface area is 181 Å². The van der Waals surface area contributed by atoms with Gasteiger partial charge in [-0.3, -0.25) is 9.59 Å². The highest BCUT2D eigenvalue weighted by Crippen LogP contribution is 2.12. The Morgan fingerprint density at radius 3 is 2.34 bits per heavy atom. The van der Waals surface area contributed by atoms with Crippen molar-refractivity contribution in [2.24, 2.45) is 0 Å². The molecule has 152 valence electrons. The molecule has 6 nitrogen and oxygen atoms in total. The van der Waals surface area contributed by atoms with Crippen molar-refractivity contribution in [1.82, 2.24) is 10.6 Å². The number of halogens is 1. The van der Waals surface area contributed by atoms with Crippen molar-refractivity contribution in [2.45, 2.75) is 12.5 Å². The molecule has 0 aliphatic heterocycles. The molecule has 0 saturated heterocycles. The van der Waals surface area contributed by atoms with Crippen LogP contribution in [-0.4, -0.2) is 35.8 Å². The maximum Gasteiger partial charge on any atom is 0.268 e. The summed E-state index contributed by atoms with van der Waals surface area (Å²) in [4.78, 5) is 36.7. The van der Waals surface area contributed by atoms with E-state index < -0.39 is 23.8 Å². The predicted octanol–water partition coefficient (Wildman–Crippen LogP) is 2.21. The van der Waals surface area contributed by atoms with Gasteiger partial charge in [0.15, 0.2) is 0 Å². The number of amides is 2. The highest BCUT2D eigenvalue weighted by Gasteiger charge is 2.19. The van der Waals surface area contributed by atoms with Crippen LogP contribution in [0.3, 0.4) is 0 Å². The first-order chi connectivity index (χ1) is 13.9. The Morgan fingerprint density at radius 2 is 1.76 bits per heavy atom. The third-order valence-electron chi connectivity index (χ3n) is 3.91. The molecule has 0 aliphatic carbocycles. The molecule has 2 N–H and O–H groups in total. The normalized spacial score (nSPS) is 12.1. The summed E-state index contributed by atoms with van der Waals surface area (Å²) in [7, 11) is 0. The van der Waals surface area contributed by atoms with Gasteiger partial charge in [-0.1, -0.05) is 46.3 Å². The van der Waals surface area contributed by atoms with Crippen LogP contribution in [0.5, 0.6) is 0 Å². The quantitative estimate of drug-likeness (QED) is 0.541. The van der Waals surface area contributed by atoms with Crippen LogP contribution in [0.4, 0.5) is 0 Å². The summed E-state index contributed by atoms with van der Waals surface area (Å²) in [6.45, 7) is 0. The summed E-state index contributed by atoms with van der Waals surface area (Å²) in [5, 5.41) is 16.4. The van der Waals surface area contributed by atoms with Crippen molar-refractivity contribution in [3.63, 3.8) is 0 Å². The smallest absolute Gasteiger partial charge is 0.268 e. The van der Waals surface area contributed by atoms with Gasteiger partial charge in [0.05, 0.1) is 12.0 Å². The maximum absolute atomic E-state index is 12.7. The van der Waals surface area contributed by atoms with Crippen LogP contribution < -0.4 is 15.7 Å². The average molecular weight is 476 g/mol. The molecule has 0 bridgehead atoms. The van der Waals surface area contributed by atoms with Gasteiger partial charge in [0, 0.05) is 10.0 Å². The van der Waals surface area contributed by atoms with Gasteiger partial charge < -0.3 is 20.5 Å². The fourth-order valence-electron chi connectivity index (χ4n) is 2.39. The molecule has 8 heteroatoms. The number of hydrogen-bond acceptors (Lipinski definition) is 5. The van der Waals surface area contributed by atoms with Gasteiger partial charge in [0.1, 0.15) is 5.70 Å². The molecule has 0 spiro atoms. The van der Waals surface area contributed by atoms with E-state index >= 15 is 0 Å². The van der Waals surface area contributed by atoms with E-state index in [0.717, 1.165) is 4.47 Å². The molecule has 0 unspecified atom stereocenters. The Kier molecular flexibility index (Phi) is 8.95. The second-order valence-corrected chi connectivity index (χ2v) is 7.96. The number of carbonyl (C=O) groups is 3. The molecule has 0 aromatic heterocycles. The molecule has 0 fully saturated rings. The highest BCUT2D eigenvalue weighted by atomic mass is 79.9. The molecule has 1 atom stereocenters. The van der Waals surface area contributed by atoms with Gasteiger partial charge in [-0.2, -0.15) is 11.8 Å². The van der Waals surface area contributed by atoms with Gasteiger partial charge in [0.25, 0.3) is 11.8 Å². The van der Waals surface area contributed by atoms with Crippen LogP contribution in [0.25, 0.3) is 6.08 Å². The van der Waals surface area contributed by atoms with E-state index in [1.165, 1.54) is 17.8 Å². The number of hydrogen-bond donors (Lipinski definition) is 2. The molecule has 2 rings (SSSR count). The van der Waals surface area contributed by atoms with E-state index in [1.807, 2.05) is 12.3 Å². The third-order valence-corrected chi connectivity index (χ3v) is 5.08. The summed E-state index contributed by atoms with van der Waals surface area (Å²) >= 11 is 4.77. The lowest BCUT2D eigenvalue weighted by molar-refractivity contribution is -0.308. The highest BCUT2D eigenvalue weighted by molar-refractivity contribution is 9.10. The minimum absolute atomic E-state index is 0.0560. The van der Waals surface area contributed by atoms with E-state index in [-0.39, 0.29) is 12.1 Å². The SMILES string of the molecule is CSCC[C@@H](NC(=O)/C(=C/c1ccccc1)NC(=O)c1ccc(Br)cc1)C(=O)[O-]. The number of nitrogens with one attached hydrogen (secondary N) is 2. The zero-order valence-corrected chi connectivity index (χ0v) is 18.1. The van der Waals surface area contributed by atoms with Gasteiger partial charge in [0.2, 0.25) is 0 Å². The van der Waals surface area contributed by atoms with E-state index in [9.17, 15) is 19.5 Å². The molecular weight excluding hydrogens is 456 g/mol. The number of carboxylic acids is 1. The van der Waals surface area contributed by atoms with Crippen molar-refractivity contribution in [3.8, 4) is 0 Å². The third kappa shape index (κ3) is 7.40. The van der Waals surface area contributed by atoms with Crippen LogP contribution in [0, 0.1) is 0 Å². The molecular formula is C21H20BrN2O4S-. The number of aliphatic carboxylic acids is 1. The number of carboxylic acid groups (broad SMARTS) is 1. The summed E-state index contributed by atoms with van der Waals surface area (Å²) in [6.07, 6.45) is 3.55. The lowest BCUT2D eigenvalue weighted by atomic mass is 10.1. The first-order valence-electron chi connectivity index (χ1n) is 8.75.